The number of carbonyl (C=O) groups is 1. The van der Waals surface area contributed by atoms with Gasteiger partial charge in [0, 0.05) is 23.9 Å². The number of aromatic amines is 1. The Hall–Kier alpha value is -3.50. The average molecular weight is 423 g/mol. The molecule has 3 N–H and O–H groups in total. The lowest BCUT2D eigenvalue weighted by atomic mass is 10.1. The highest BCUT2D eigenvalue weighted by molar-refractivity contribution is 5.95. The summed E-state index contributed by atoms with van der Waals surface area (Å²) in [7, 11) is 0. The number of rotatable bonds is 6. The minimum absolute atomic E-state index is 0.0913. The second-order valence-corrected chi connectivity index (χ2v) is 8.22. The van der Waals surface area contributed by atoms with E-state index in [1.165, 1.54) is 6.39 Å². The molecular formula is C20H25N9O2. The zero-order valence-corrected chi connectivity index (χ0v) is 17.6. The fraction of sp³-hybridized carbons (Fsp3) is 0.500. The van der Waals surface area contributed by atoms with Crippen LogP contribution in [-0.4, -0.2) is 48.9 Å². The minimum Gasteiger partial charge on any atom is -0.411 e. The minimum atomic E-state index is -0.392. The molecular weight excluding hydrogens is 398 g/mol. The normalized spacial score (nSPS) is 17.9. The quantitative estimate of drug-likeness (QED) is 0.546. The number of aryl methyl sites for hydroxylation is 1. The summed E-state index contributed by atoms with van der Waals surface area (Å²) in [6.07, 6.45) is 5.65. The first-order chi connectivity index (χ1) is 15.1. The third kappa shape index (κ3) is 3.82. The van der Waals surface area contributed by atoms with Crippen molar-refractivity contribution < 1.29 is 9.21 Å². The van der Waals surface area contributed by atoms with Crippen LogP contribution < -0.4 is 15.5 Å². The van der Waals surface area contributed by atoms with Gasteiger partial charge in [-0.15, -0.1) is 5.10 Å². The monoisotopic (exact) mass is 423 g/mol. The molecule has 11 heteroatoms. The van der Waals surface area contributed by atoms with Gasteiger partial charge in [-0.25, -0.2) is 4.98 Å². The number of anilines is 4. The molecule has 1 aliphatic heterocycles. The largest absolute Gasteiger partial charge is 0.411 e. The smallest absolute Gasteiger partial charge is 0.322 e. The Morgan fingerprint density at radius 3 is 2.97 bits per heavy atom. The number of amides is 1. The van der Waals surface area contributed by atoms with Gasteiger partial charge in [-0.2, -0.15) is 10.1 Å². The van der Waals surface area contributed by atoms with E-state index < -0.39 is 6.04 Å². The maximum absolute atomic E-state index is 12.8. The van der Waals surface area contributed by atoms with Crippen molar-refractivity contribution in [3.63, 3.8) is 0 Å². The molecule has 0 radical (unpaired) electrons. The van der Waals surface area contributed by atoms with E-state index in [9.17, 15) is 4.79 Å². The Morgan fingerprint density at radius 1 is 1.29 bits per heavy atom. The van der Waals surface area contributed by atoms with Gasteiger partial charge in [0.25, 0.3) is 5.91 Å². The van der Waals surface area contributed by atoms with E-state index in [1.54, 1.807) is 0 Å². The van der Waals surface area contributed by atoms with E-state index in [4.69, 9.17) is 14.4 Å². The number of aromatic nitrogens is 6. The molecule has 31 heavy (non-hydrogen) atoms. The van der Waals surface area contributed by atoms with Crippen LogP contribution in [-0.2, 0) is 17.6 Å². The van der Waals surface area contributed by atoms with E-state index in [0.29, 0.717) is 24.8 Å². The lowest BCUT2D eigenvalue weighted by Gasteiger charge is -2.24. The van der Waals surface area contributed by atoms with Crippen molar-refractivity contribution in [3.8, 4) is 0 Å². The van der Waals surface area contributed by atoms with Crippen LogP contribution in [0.25, 0.3) is 0 Å². The van der Waals surface area contributed by atoms with E-state index in [0.717, 1.165) is 54.3 Å². The highest BCUT2D eigenvalue weighted by atomic mass is 16.4. The van der Waals surface area contributed by atoms with Crippen LogP contribution in [0.2, 0.25) is 0 Å². The number of H-pyrrole nitrogens is 1. The lowest BCUT2D eigenvalue weighted by molar-refractivity contribution is -0.117. The van der Waals surface area contributed by atoms with Crippen LogP contribution in [0.4, 0.5) is 23.6 Å². The van der Waals surface area contributed by atoms with Crippen LogP contribution in [0.15, 0.2) is 16.9 Å². The molecule has 1 aliphatic carbocycles. The Bertz CT molecular complexity index is 1080. The summed E-state index contributed by atoms with van der Waals surface area (Å²) in [6.45, 7) is 4.94. The molecule has 3 aromatic heterocycles. The van der Waals surface area contributed by atoms with Crippen molar-refractivity contribution in [3.05, 3.63) is 29.4 Å². The lowest BCUT2D eigenvalue weighted by Crippen LogP contribution is -2.40. The molecule has 0 spiro atoms. The van der Waals surface area contributed by atoms with E-state index in [2.05, 4.69) is 44.9 Å². The molecule has 1 saturated heterocycles. The molecule has 5 rings (SSSR count). The van der Waals surface area contributed by atoms with E-state index >= 15 is 0 Å². The zero-order chi connectivity index (χ0) is 21.4. The molecule has 0 saturated carbocycles. The summed E-state index contributed by atoms with van der Waals surface area (Å²) >= 11 is 0. The maximum atomic E-state index is 12.8. The van der Waals surface area contributed by atoms with Crippen molar-refractivity contribution in [1.29, 1.82) is 0 Å². The van der Waals surface area contributed by atoms with Gasteiger partial charge in [-0.05, 0) is 38.0 Å². The Kier molecular flexibility index (Phi) is 5.00. The van der Waals surface area contributed by atoms with Gasteiger partial charge < -0.3 is 14.6 Å². The standard InChI is InChI=1S/C20H25N9O2/c1-11(2)14-9-16(27-26-14)23-17-12-5-3-6-13(12)22-19(24-17)29-8-4-7-15(29)18(30)25-20-28-21-10-31-20/h9-11,15H,3-8H2,1-2H3,(H,25,28,30)(H2,22,23,24,26,27)/t15-/m1/s1. The average Bonchev–Trinajstić information content (AvgIpc) is 3.53. The van der Waals surface area contributed by atoms with Gasteiger partial charge >= 0.3 is 6.01 Å². The van der Waals surface area contributed by atoms with E-state index in [-0.39, 0.29) is 11.9 Å². The zero-order valence-electron chi connectivity index (χ0n) is 17.6. The molecule has 4 heterocycles. The highest BCUT2D eigenvalue weighted by Gasteiger charge is 2.34. The summed E-state index contributed by atoms with van der Waals surface area (Å²) in [5, 5.41) is 20.8. The molecule has 2 aliphatic rings. The Labute approximate surface area is 179 Å². The molecule has 11 nitrogen and oxygen atoms in total. The second kappa shape index (κ2) is 7.97. The van der Waals surface area contributed by atoms with Gasteiger partial charge in [-0.3, -0.25) is 15.2 Å². The number of carbonyl (C=O) groups excluding carboxylic acids is 1. The summed E-state index contributed by atoms with van der Waals surface area (Å²) in [5.41, 5.74) is 3.23. The van der Waals surface area contributed by atoms with Crippen LogP contribution in [0.3, 0.4) is 0 Å². The third-order valence-corrected chi connectivity index (χ3v) is 5.79. The molecule has 0 unspecified atom stereocenters. The number of nitrogens with one attached hydrogen (secondary N) is 3. The van der Waals surface area contributed by atoms with Crippen molar-refractivity contribution in [2.75, 3.05) is 22.1 Å². The summed E-state index contributed by atoms with van der Waals surface area (Å²) in [5.74, 6) is 2.22. The van der Waals surface area contributed by atoms with Crippen molar-refractivity contribution in [2.24, 2.45) is 0 Å². The topological polar surface area (TPSA) is 138 Å². The molecule has 1 fully saturated rings. The van der Waals surface area contributed by atoms with Gasteiger partial charge in [0.1, 0.15) is 11.9 Å². The van der Waals surface area contributed by atoms with E-state index in [1.807, 2.05) is 11.0 Å². The van der Waals surface area contributed by atoms with Crippen molar-refractivity contribution in [2.45, 2.75) is 57.9 Å². The summed E-state index contributed by atoms with van der Waals surface area (Å²) in [4.78, 5) is 24.4. The Balaban J connectivity index is 1.42. The predicted octanol–water partition coefficient (Wildman–Crippen LogP) is 2.55. The first-order valence-electron chi connectivity index (χ1n) is 10.6. The van der Waals surface area contributed by atoms with Gasteiger partial charge in [0.15, 0.2) is 5.82 Å². The van der Waals surface area contributed by atoms with Crippen molar-refractivity contribution in [1.82, 2.24) is 30.4 Å². The fourth-order valence-electron chi connectivity index (χ4n) is 4.16. The third-order valence-electron chi connectivity index (χ3n) is 5.79. The second-order valence-electron chi connectivity index (χ2n) is 8.22. The van der Waals surface area contributed by atoms with Crippen LogP contribution in [0, 0.1) is 0 Å². The molecule has 162 valence electrons. The summed E-state index contributed by atoms with van der Waals surface area (Å²) < 4.78 is 5.05. The molecule has 1 amide bonds. The highest BCUT2D eigenvalue weighted by Crippen LogP contribution is 2.33. The van der Waals surface area contributed by atoms with Gasteiger partial charge in [0.05, 0.1) is 5.69 Å². The first kappa shape index (κ1) is 19.5. The molecule has 1 atom stereocenters. The summed E-state index contributed by atoms with van der Waals surface area (Å²) in [6, 6.07) is 1.70. The predicted molar refractivity (Wildman–Crippen MR) is 113 cm³/mol. The van der Waals surface area contributed by atoms with Gasteiger partial charge in [0.2, 0.25) is 12.3 Å². The molecule has 3 aromatic rings. The van der Waals surface area contributed by atoms with Crippen LogP contribution >= 0.6 is 0 Å². The van der Waals surface area contributed by atoms with Crippen LogP contribution in [0.1, 0.15) is 56.0 Å². The number of hydrogen-bond donors (Lipinski definition) is 3. The molecule has 0 aromatic carbocycles. The number of hydrogen-bond acceptors (Lipinski definition) is 9. The van der Waals surface area contributed by atoms with Gasteiger partial charge in [-0.1, -0.05) is 18.9 Å². The van der Waals surface area contributed by atoms with Crippen molar-refractivity contribution >= 4 is 29.5 Å². The Morgan fingerprint density at radius 2 is 2.19 bits per heavy atom. The van der Waals surface area contributed by atoms with Crippen LogP contribution in [0.5, 0.6) is 0 Å². The number of fused-ring (bicyclic) bond motifs is 1. The molecule has 0 bridgehead atoms. The SMILES string of the molecule is CC(C)c1cc(Nc2nc(N3CCC[C@@H]3C(=O)Nc3nnco3)nc3c2CCC3)n[nH]1. The first-order valence-corrected chi connectivity index (χ1v) is 10.6. The maximum Gasteiger partial charge on any atom is 0.322 e. The number of nitrogens with zero attached hydrogens (tertiary/aromatic N) is 6. The fourth-order valence-corrected chi connectivity index (χ4v) is 4.16.